The fourth-order valence-electron chi connectivity index (χ4n) is 3.66. The van der Waals surface area contributed by atoms with E-state index < -0.39 is 0 Å². The van der Waals surface area contributed by atoms with Crippen LogP contribution in [0.4, 0.5) is 0 Å². The minimum atomic E-state index is -0.123. The first-order valence-electron chi connectivity index (χ1n) is 9.64. The molecule has 26 heavy (non-hydrogen) atoms. The maximum Gasteiger partial charge on any atom is 0.221 e. The summed E-state index contributed by atoms with van der Waals surface area (Å²) in [6.07, 6.45) is 6.41. The predicted molar refractivity (Wildman–Crippen MR) is 105 cm³/mol. The Labute approximate surface area is 156 Å². The molecule has 0 aliphatic carbocycles. The molecule has 0 spiro atoms. The van der Waals surface area contributed by atoms with E-state index >= 15 is 0 Å². The first-order chi connectivity index (χ1) is 12.7. The number of amides is 1. The van der Waals surface area contributed by atoms with Crippen LogP contribution in [0.1, 0.15) is 48.9 Å². The van der Waals surface area contributed by atoms with Crippen LogP contribution in [0.5, 0.6) is 0 Å². The molecule has 1 aromatic carbocycles. The number of nitrogens with zero attached hydrogens (tertiary/aromatic N) is 2. The Balaban J connectivity index is 1.68. The minimum absolute atomic E-state index is 0.123. The number of aryl methyl sites for hydroxylation is 1. The van der Waals surface area contributed by atoms with E-state index in [0.29, 0.717) is 12.3 Å². The zero-order valence-electron chi connectivity index (χ0n) is 15.8. The number of rotatable bonds is 6. The summed E-state index contributed by atoms with van der Waals surface area (Å²) in [5.41, 5.74) is 3.39. The Morgan fingerprint density at radius 3 is 2.35 bits per heavy atom. The molecule has 1 atom stereocenters. The molecule has 0 bridgehead atoms. The van der Waals surface area contributed by atoms with Gasteiger partial charge >= 0.3 is 0 Å². The van der Waals surface area contributed by atoms with Crippen molar-refractivity contribution in [1.82, 2.24) is 15.2 Å². The van der Waals surface area contributed by atoms with E-state index in [1.54, 1.807) is 12.4 Å². The van der Waals surface area contributed by atoms with Gasteiger partial charge < -0.3 is 10.2 Å². The highest BCUT2D eigenvalue weighted by Crippen LogP contribution is 2.24. The first-order valence-corrected chi connectivity index (χ1v) is 9.64. The summed E-state index contributed by atoms with van der Waals surface area (Å²) in [5, 5.41) is 3.26. The van der Waals surface area contributed by atoms with Crippen LogP contribution >= 0.6 is 0 Å². The largest absolute Gasteiger partial charge is 0.345 e. The molecule has 1 aliphatic rings. The number of benzene rings is 1. The van der Waals surface area contributed by atoms with Crippen molar-refractivity contribution in [1.29, 1.82) is 0 Å². The molecule has 1 fully saturated rings. The van der Waals surface area contributed by atoms with Crippen LogP contribution in [0.3, 0.4) is 0 Å². The smallest absolute Gasteiger partial charge is 0.221 e. The van der Waals surface area contributed by atoms with Crippen molar-refractivity contribution < 1.29 is 4.79 Å². The average Bonchev–Trinajstić information content (AvgIpc) is 2.68. The molecule has 3 rings (SSSR count). The number of carbonyl (C=O) groups excluding carboxylic acids is 1. The van der Waals surface area contributed by atoms with Crippen LogP contribution in [0.15, 0.2) is 48.8 Å². The molecule has 2 heterocycles. The average molecular weight is 351 g/mol. The van der Waals surface area contributed by atoms with Gasteiger partial charge in [0.05, 0.1) is 6.04 Å². The molecule has 1 N–H and O–H groups in total. The quantitative estimate of drug-likeness (QED) is 0.863. The molecule has 1 saturated heterocycles. The molecule has 138 valence electrons. The summed E-state index contributed by atoms with van der Waals surface area (Å²) in [5.74, 6) is 0.635. The Morgan fingerprint density at radius 2 is 1.73 bits per heavy atom. The van der Waals surface area contributed by atoms with Crippen molar-refractivity contribution in [2.45, 2.75) is 39.2 Å². The monoisotopic (exact) mass is 351 g/mol. The van der Waals surface area contributed by atoms with Crippen molar-refractivity contribution in [2.75, 3.05) is 19.6 Å². The zero-order valence-corrected chi connectivity index (χ0v) is 15.8. The maximum atomic E-state index is 12.7. The van der Waals surface area contributed by atoms with Crippen LogP contribution in [0.25, 0.3) is 0 Å². The van der Waals surface area contributed by atoms with Crippen molar-refractivity contribution in [3.05, 3.63) is 65.5 Å². The zero-order chi connectivity index (χ0) is 18.4. The fourth-order valence-corrected chi connectivity index (χ4v) is 3.66. The lowest BCUT2D eigenvalue weighted by atomic mass is 9.92. The lowest BCUT2D eigenvalue weighted by Crippen LogP contribution is -2.36. The van der Waals surface area contributed by atoms with Gasteiger partial charge in [-0.15, -0.1) is 0 Å². The van der Waals surface area contributed by atoms with Gasteiger partial charge in [0.25, 0.3) is 0 Å². The minimum Gasteiger partial charge on any atom is -0.345 e. The number of hydrogen-bond donors (Lipinski definition) is 1. The van der Waals surface area contributed by atoms with E-state index in [9.17, 15) is 4.79 Å². The molecule has 1 unspecified atom stereocenters. The highest BCUT2D eigenvalue weighted by Gasteiger charge is 2.23. The third-order valence-corrected chi connectivity index (χ3v) is 5.38. The number of likely N-dealkylation sites (tertiary alicyclic amines) is 1. The SMILES string of the molecule is CCN1CCC(CC(=O)NC(c2ccncc2)c2ccc(C)cc2)CC1. The summed E-state index contributed by atoms with van der Waals surface area (Å²) in [7, 11) is 0. The van der Waals surface area contributed by atoms with Gasteiger partial charge in [-0.25, -0.2) is 0 Å². The van der Waals surface area contributed by atoms with E-state index in [2.05, 4.69) is 53.3 Å². The van der Waals surface area contributed by atoms with Crippen LogP contribution in [-0.4, -0.2) is 35.4 Å². The molecule has 1 aromatic heterocycles. The van der Waals surface area contributed by atoms with Crippen LogP contribution < -0.4 is 5.32 Å². The van der Waals surface area contributed by atoms with Gasteiger partial charge in [-0.1, -0.05) is 36.8 Å². The van der Waals surface area contributed by atoms with Gasteiger partial charge in [-0.3, -0.25) is 9.78 Å². The Hall–Kier alpha value is -2.20. The summed E-state index contributed by atoms with van der Waals surface area (Å²) in [4.78, 5) is 19.3. The summed E-state index contributed by atoms with van der Waals surface area (Å²) >= 11 is 0. The number of pyridine rings is 1. The molecule has 2 aromatic rings. The van der Waals surface area contributed by atoms with Crippen molar-refractivity contribution in [2.24, 2.45) is 5.92 Å². The number of aromatic nitrogens is 1. The van der Waals surface area contributed by atoms with E-state index in [-0.39, 0.29) is 11.9 Å². The topological polar surface area (TPSA) is 45.2 Å². The van der Waals surface area contributed by atoms with E-state index in [1.807, 2.05) is 12.1 Å². The first kappa shape index (κ1) is 18.6. The second-order valence-electron chi connectivity index (χ2n) is 7.27. The Bertz CT molecular complexity index is 691. The third kappa shape index (κ3) is 4.92. The number of carbonyl (C=O) groups is 1. The molecule has 4 nitrogen and oxygen atoms in total. The second-order valence-corrected chi connectivity index (χ2v) is 7.27. The maximum absolute atomic E-state index is 12.7. The van der Waals surface area contributed by atoms with E-state index in [0.717, 1.165) is 43.6 Å². The van der Waals surface area contributed by atoms with E-state index in [1.165, 1.54) is 5.56 Å². The van der Waals surface area contributed by atoms with Gasteiger partial charge in [0.2, 0.25) is 5.91 Å². The fraction of sp³-hybridized carbons (Fsp3) is 0.455. The third-order valence-electron chi connectivity index (χ3n) is 5.38. The molecule has 1 aliphatic heterocycles. The summed E-state index contributed by atoms with van der Waals surface area (Å²) in [6.45, 7) is 7.61. The van der Waals surface area contributed by atoms with Gasteiger partial charge in [0.1, 0.15) is 0 Å². The second kappa shape index (κ2) is 8.95. The molecular weight excluding hydrogens is 322 g/mol. The van der Waals surface area contributed by atoms with Crippen LogP contribution in [0, 0.1) is 12.8 Å². The van der Waals surface area contributed by atoms with Gasteiger partial charge in [0, 0.05) is 18.8 Å². The molecule has 1 amide bonds. The standard InChI is InChI=1S/C22H29N3O/c1-3-25-14-10-18(11-15-25)16-21(26)24-22(20-8-12-23-13-9-20)19-6-4-17(2)5-7-19/h4-9,12-13,18,22H,3,10-11,14-16H2,1-2H3,(H,24,26). The summed E-state index contributed by atoms with van der Waals surface area (Å²) < 4.78 is 0. The molecule has 0 saturated carbocycles. The normalized spacial score (nSPS) is 17.0. The van der Waals surface area contributed by atoms with Gasteiger partial charge in [-0.2, -0.15) is 0 Å². The highest BCUT2D eigenvalue weighted by atomic mass is 16.1. The molecule has 4 heteroatoms. The summed E-state index contributed by atoms with van der Waals surface area (Å²) in [6, 6.07) is 12.2. The van der Waals surface area contributed by atoms with E-state index in [4.69, 9.17) is 0 Å². The number of piperidine rings is 1. The van der Waals surface area contributed by atoms with Crippen molar-refractivity contribution in [3.8, 4) is 0 Å². The predicted octanol–water partition coefficient (Wildman–Crippen LogP) is 3.72. The Kier molecular flexibility index (Phi) is 6.40. The molecular formula is C22H29N3O. The van der Waals surface area contributed by atoms with Crippen LogP contribution in [0.2, 0.25) is 0 Å². The molecule has 0 radical (unpaired) electrons. The van der Waals surface area contributed by atoms with Gasteiger partial charge in [0.15, 0.2) is 0 Å². The highest BCUT2D eigenvalue weighted by molar-refractivity contribution is 5.77. The van der Waals surface area contributed by atoms with Crippen molar-refractivity contribution in [3.63, 3.8) is 0 Å². The van der Waals surface area contributed by atoms with Crippen LogP contribution in [-0.2, 0) is 4.79 Å². The lowest BCUT2D eigenvalue weighted by Gasteiger charge is -2.31. The lowest BCUT2D eigenvalue weighted by molar-refractivity contribution is -0.122. The number of nitrogens with one attached hydrogen (secondary N) is 1. The van der Waals surface area contributed by atoms with Crippen molar-refractivity contribution >= 4 is 5.91 Å². The number of hydrogen-bond acceptors (Lipinski definition) is 3. The Morgan fingerprint density at radius 1 is 1.12 bits per heavy atom. The van der Waals surface area contributed by atoms with Gasteiger partial charge in [-0.05, 0) is 68.6 Å².